The highest BCUT2D eigenvalue weighted by atomic mass is 32.1. The molecule has 6 nitrogen and oxygen atoms in total. The number of rotatable bonds is 4. The third-order valence-corrected chi connectivity index (χ3v) is 5.77. The van der Waals surface area contributed by atoms with Crippen molar-refractivity contribution in [2.75, 3.05) is 26.2 Å². The molecule has 2 aliphatic heterocycles. The van der Waals surface area contributed by atoms with Gasteiger partial charge in [-0.1, -0.05) is 0 Å². The number of hydrogen-bond acceptors (Lipinski definition) is 4. The van der Waals surface area contributed by atoms with E-state index in [4.69, 9.17) is 0 Å². The number of amides is 3. The molecule has 3 heterocycles. The second kappa shape index (κ2) is 7.25. The number of β-amino-alcohol motifs (C(OH)–C–C–N with tert-alkyl or cyclic N) is 1. The zero-order valence-electron chi connectivity index (χ0n) is 13.7. The van der Waals surface area contributed by atoms with E-state index < -0.39 is 24.6 Å². The highest BCUT2D eigenvalue weighted by Gasteiger charge is 2.45. The summed E-state index contributed by atoms with van der Waals surface area (Å²) in [5.41, 5.74) is -0.948. The van der Waals surface area contributed by atoms with Gasteiger partial charge < -0.3 is 20.2 Å². The highest BCUT2D eigenvalue weighted by Crippen LogP contribution is 2.27. The van der Waals surface area contributed by atoms with Crippen molar-refractivity contribution < 1.29 is 23.5 Å². The van der Waals surface area contributed by atoms with E-state index in [0.29, 0.717) is 13.1 Å². The average molecular weight is 373 g/mol. The van der Waals surface area contributed by atoms with Crippen LogP contribution < -0.4 is 5.32 Å². The van der Waals surface area contributed by atoms with Crippen molar-refractivity contribution >= 4 is 23.3 Å². The fourth-order valence-corrected chi connectivity index (χ4v) is 4.07. The number of carbonyl (C=O) groups excluding carboxylic acids is 2. The largest absolute Gasteiger partial charge is 0.382 e. The first-order valence-corrected chi connectivity index (χ1v) is 9.13. The number of likely N-dealkylation sites (tertiary alicyclic amines) is 1. The van der Waals surface area contributed by atoms with Crippen molar-refractivity contribution in [2.45, 2.75) is 37.8 Å². The fraction of sp³-hybridized carbons (Fsp3) is 0.625. The first kappa shape index (κ1) is 18.1. The van der Waals surface area contributed by atoms with Crippen LogP contribution >= 0.6 is 11.3 Å². The average Bonchev–Trinajstić information content (AvgIpc) is 3.21. The normalized spacial score (nSPS) is 23.0. The Morgan fingerprint density at radius 1 is 1.36 bits per heavy atom. The lowest BCUT2D eigenvalue weighted by Crippen LogP contribution is -2.45. The number of thiophene rings is 1. The molecular weight excluding hydrogens is 352 g/mol. The molecular formula is C16H21F2N3O3S. The molecule has 9 heteroatoms. The zero-order chi connectivity index (χ0) is 18.0. The van der Waals surface area contributed by atoms with Crippen LogP contribution in [0.15, 0.2) is 11.4 Å². The Morgan fingerprint density at radius 3 is 2.88 bits per heavy atom. The minimum absolute atomic E-state index is 0.0392. The molecule has 1 unspecified atom stereocenters. The fourth-order valence-electron chi connectivity index (χ4n) is 3.18. The second-order valence-electron chi connectivity index (χ2n) is 6.49. The number of urea groups is 1. The molecule has 3 amide bonds. The Bertz CT molecular complexity index is 654. The van der Waals surface area contributed by atoms with Crippen molar-refractivity contribution in [3.05, 3.63) is 21.9 Å². The molecule has 1 fully saturated rings. The standard InChI is InChI=1S/C16H21F2N3O3S/c17-14(18)16(24)4-7-21(10-16)15(23)19-5-1-13(22)20-6-2-12-11(9-20)3-8-25-12/h3,8,14,24H,1-2,4-7,9-10H2,(H,19,23). The van der Waals surface area contributed by atoms with Gasteiger partial charge in [0, 0.05) is 43.9 Å². The van der Waals surface area contributed by atoms with Gasteiger partial charge in [-0.15, -0.1) is 11.3 Å². The van der Waals surface area contributed by atoms with E-state index in [9.17, 15) is 23.5 Å². The van der Waals surface area contributed by atoms with Crippen LogP contribution in [0.2, 0.25) is 0 Å². The maximum atomic E-state index is 12.7. The predicted octanol–water partition coefficient (Wildman–Crippen LogP) is 1.43. The third-order valence-electron chi connectivity index (χ3n) is 4.75. The van der Waals surface area contributed by atoms with E-state index in [0.717, 1.165) is 11.3 Å². The molecule has 1 aromatic heterocycles. The van der Waals surface area contributed by atoms with Gasteiger partial charge in [0.25, 0.3) is 6.43 Å². The summed E-state index contributed by atoms with van der Waals surface area (Å²) in [6.45, 7) is 1.10. The Balaban J connectivity index is 1.41. The minimum atomic E-state index is -2.88. The van der Waals surface area contributed by atoms with Crippen LogP contribution in [0.5, 0.6) is 0 Å². The molecule has 2 N–H and O–H groups in total. The molecule has 1 saturated heterocycles. The number of hydrogen-bond donors (Lipinski definition) is 2. The topological polar surface area (TPSA) is 72.9 Å². The van der Waals surface area contributed by atoms with Crippen LogP contribution in [0.4, 0.5) is 13.6 Å². The van der Waals surface area contributed by atoms with E-state index in [2.05, 4.69) is 5.32 Å². The number of nitrogens with one attached hydrogen (secondary N) is 1. The molecule has 0 saturated carbocycles. The van der Waals surface area contributed by atoms with E-state index >= 15 is 0 Å². The van der Waals surface area contributed by atoms with Crippen molar-refractivity contribution in [3.63, 3.8) is 0 Å². The first-order valence-electron chi connectivity index (χ1n) is 8.25. The first-order chi connectivity index (χ1) is 11.9. The van der Waals surface area contributed by atoms with Crippen LogP contribution in [0.1, 0.15) is 23.3 Å². The zero-order valence-corrected chi connectivity index (χ0v) is 14.5. The lowest BCUT2D eigenvalue weighted by molar-refractivity contribution is -0.131. The predicted molar refractivity (Wildman–Crippen MR) is 88.6 cm³/mol. The van der Waals surface area contributed by atoms with Crippen LogP contribution in [-0.2, 0) is 17.8 Å². The van der Waals surface area contributed by atoms with Gasteiger partial charge in [0.05, 0.1) is 6.54 Å². The van der Waals surface area contributed by atoms with Crippen LogP contribution in [0.25, 0.3) is 0 Å². The molecule has 0 spiro atoms. The lowest BCUT2D eigenvalue weighted by Gasteiger charge is -2.27. The van der Waals surface area contributed by atoms with Gasteiger partial charge in [-0.05, 0) is 23.4 Å². The van der Waals surface area contributed by atoms with E-state index in [1.807, 2.05) is 11.4 Å². The smallest absolute Gasteiger partial charge is 0.317 e. The quantitative estimate of drug-likeness (QED) is 0.839. The number of fused-ring (bicyclic) bond motifs is 1. The van der Waals surface area contributed by atoms with Gasteiger partial charge >= 0.3 is 6.03 Å². The number of nitrogens with zero attached hydrogens (tertiary/aromatic N) is 2. The number of halogens is 2. The summed E-state index contributed by atoms with van der Waals surface area (Å²) in [6, 6.07) is 1.50. The SMILES string of the molecule is O=C(CCNC(=O)N1CCC(O)(C(F)F)C1)N1CCc2sccc2C1. The Hall–Kier alpha value is -1.74. The van der Waals surface area contributed by atoms with Gasteiger partial charge in [0.15, 0.2) is 0 Å². The van der Waals surface area contributed by atoms with Crippen molar-refractivity contribution in [1.29, 1.82) is 0 Å². The number of carbonyl (C=O) groups is 2. The molecule has 138 valence electrons. The van der Waals surface area contributed by atoms with Gasteiger partial charge in [0.2, 0.25) is 5.91 Å². The monoisotopic (exact) mass is 373 g/mol. The molecule has 2 aliphatic rings. The molecule has 1 aromatic rings. The maximum Gasteiger partial charge on any atom is 0.317 e. The molecule has 0 aliphatic carbocycles. The maximum absolute atomic E-state index is 12.7. The van der Waals surface area contributed by atoms with Crippen molar-refractivity contribution in [3.8, 4) is 0 Å². The van der Waals surface area contributed by atoms with E-state index in [-0.39, 0.29) is 31.8 Å². The van der Waals surface area contributed by atoms with Gasteiger partial charge in [0.1, 0.15) is 5.60 Å². The molecule has 0 bridgehead atoms. The Labute approximate surface area is 148 Å². The number of aliphatic hydroxyl groups is 1. The summed E-state index contributed by atoms with van der Waals surface area (Å²) in [6.07, 6.45) is -2.01. The van der Waals surface area contributed by atoms with E-state index in [1.165, 1.54) is 10.4 Å². The summed E-state index contributed by atoms with van der Waals surface area (Å²) >= 11 is 1.70. The molecule has 3 rings (SSSR count). The molecule has 25 heavy (non-hydrogen) atoms. The Kier molecular flexibility index (Phi) is 5.24. The van der Waals surface area contributed by atoms with Gasteiger partial charge in [-0.3, -0.25) is 4.79 Å². The number of alkyl halides is 2. The summed E-state index contributed by atoms with van der Waals surface area (Å²) in [5.74, 6) is -0.0392. The van der Waals surface area contributed by atoms with Crippen LogP contribution in [-0.4, -0.2) is 65.1 Å². The van der Waals surface area contributed by atoms with E-state index in [1.54, 1.807) is 16.2 Å². The summed E-state index contributed by atoms with van der Waals surface area (Å²) in [7, 11) is 0. The Morgan fingerprint density at radius 2 is 2.16 bits per heavy atom. The summed E-state index contributed by atoms with van der Waals surface area (Å²) < 4.78 is 25.5. The van der Waals surface area contributed by atoms with Crippen molar-refractivity contribution in [1.82, 2.24) is 15.1 Å². The molecule has 0 radical (unpaired) electrons. The van der Waals surface area contributed by atoms with Gasteiger partial charge in [-0.2, -0.15) is 0 Å². The lowest BCUT2D eigenvalue weighted by atomic mass is 10.1. The van der Waals surface area contributed by atoms with Crippen LogP contribution in [0, 0.1) is 0 Å². The molecule has 0 aromatic carbocycles. The summed E-state index contributed by atoms with van der Waals surface area (Å²) in [4.78, 5) is 28.5. The summed E-state index contributed by atoms with van der Waals surface area (Å²) in [5, 5.41) is 14.3. The van der Waals surface area contributed by atoms with Crippen molar-refractivity contribution in [2.24, 2.45) is 0 Å². The third kappa shape index (κ3) is 3.92. The van der Waals surface area contributed by atoms with Gasteiger partial charge in [-0.25, -0.2) is 13.6 Å². The second-order valence-corrected chi connectivity index (χ2v) is 7.49. The molecule has 1 atom stereocenters. The highest BCUT2D eigenvalue weighted by molar-refractivity contribution is 7.10. The van der Waals surface area contributed by atoms with Crippen LogP contribution in [0.3, 0.4) is 0 Å². The minimum Gasteiger partial charge on any atom is -0.382 e.